The zero-order valence-electron chi connectivity index (χ0n) is 7.26. The molecule has 1 aliphatic heterocycles. The first-order valence-corrected chi connectivity index (χ1v) is 4.33. The Morgan fingerprint density at radius 2 is 2.38 bits per heavy atom. The highest BCUT2D eigenvalue weighted by atomic mass is 19.3. The Hall–Kier alpha value is -0.710. The zero-order chi connectivity index (χ0) is 9.68. The van der Waals surface area contributed by atoms with Gasteiger partial charge in [0.2, 0.25) is 0 Å². The molecule has 0 aromatic heterocycles. The molecule has 76 valence electrons. The summed E-state index contributed by atoms with van der Waals surface area (Å²) in [6, 6.07) is 0. The van der Waals surface area contributed by atoms with Gasteiger partial charge in [0.25, 0.3) is 5.91 Å². The molecule has 1 atom stereocenters. The van der Waals surface area contributed by atoms with Crippen molar-refractivity contribution in [2.45, 2.75) is 19.3 Å². The van der Waals surface area contributed by atoms with Crippen LogP contribution in [0.25, 0.3) is 0 Å². The highest BCUT2D eigenvalue weighted by Crippen LogP contribution is 2.12. The van der Waals surface area contributed by atoms with Gasteiger partial charge in [-0.1, -0.05) is 0 Å². The van der Waals surface area contributed by atoms with Gasteiger partial charge in [-0.15, -0.1) is 0 Å². The van der Waals surface area contributed by atoms with Crippen molar-refractivity contribution in [2.24, 2.45) is 5.92 Å². The SMILES string of the molecule is O=C(NCC1CCCOC1)C(F)F. The van der Waals surface area contributed by atoms with E-state index in [2.05, 4.69) is 5.32 Å². The summed E-state index contributed by atoms with van der Waals surface area (Å²) in [4.78, 5) is 10.5. The third-order valence-corrected chi connectivity index (χ3v) is 2.02. The van der Waals surface area contributed by atoms with E-state index in [1.807, 2.05) is 0 Å². The number of hydrogen-bond donors (Lipinski definition) is 1. The van der Waals surface area contributed by atoms with Crippen molar-refractivity contribution in [2.75, 3.05) is 19.8 Å². The summed E-state index contributed by atoms with van der Waals surface area (Å²) in [5.41, 5.74) is 0. The van der Waals surface area contributed by atoms with E-state index >= 15 is 0 Å². The summed E-state index contributed by atoms with van der Waals surface area (Å²) >= 11 is 0. The lowest BCUT2D eigenvalue weighted by Crippen LogP contribution is -2.36. The number of halogens is 2. The van der Waals surface area contributed by atoms with Crippen molar-refractivity contribution in [1.29, 1.82) is 0 Å². The quantitative estimate of drug-likeness (QED) is 0.719. The van der Waals surface area contributed by atoms with Gasteiger partial charge in [-0.25, -0.2) is 0 Å². The van der Waals surface area contributed by atoms with Crippen molar-refractivity contribution in [1.82, 2.24) is 5.32 Å². The van der Waals surface area contributed by atoms with Crippen molar-refractivity contribution in [3.05, 3.63) is 0 Å². The molecule has 0 radical (unpaired) electrons. The van der Waals surface area contributed by atoms with Gasteiger partial charge in [0.15, 0.2) is 0 Å². The molecule has 0 saturated carbocycles. The Bertz CT molecular complexity index is 170. The Morgan fingerprint density at radius 3 is 2.92 bits per heavy atom. The maximum atomic E-state index is 11.7. The Labute approximate surface area is 75.4 Å². The van der Waals surface area contributed by atoms with Crippen LogP contribution in [-0.4, -0.2) is 32.1 Å². The first kappa shape index (κ1) is 10.4. The highest BCUT2D eigenvalue weighted by molar-refractivity contribution is 5.78. The molecule has 1 amide bonds. The number of amides is 1. The maximum Gasteiger partial charge on any atom is 0.315 e. The minimum atomic E-state index is -2.91. The Balaban J connectivity index is 2.13. The first-order valence-electron chi connectivity index (χ1n) is 4.33. The van der Waals surface area contributed by atoms with Gasteiger partial charge in [-0.2, -0.15) is 8.78 Å². The summed E-state index contributed by atoms with van der Waals surface area (Å²) in [6.45, 7) is 1.59. The van der Waals surface area contributed by atoms with Gasteiger partial charge < -0.3 is 10.1 Å². The van der Waals surface area contributed by atoms with Gasteiger partial charge in [0.05, 0.1) is 6.61 Å². The van der Waals surface area contributed by atoms with Gasteiger partial charge in [0.1, 0.15) is 0 Å². The molecule has 1 rings (SSSR count). The summed E-state index contributed by atoms with van der Waals surface area (Å²) in [6.07, 6.45) is -1.04. The summed E-state index contributed by atoms with van der Waals surface area (Å²) in [5, 5.41) is 2.18. The number of rotatable bonds is 3. The minimum Gasteiger partial charge on any atom is -0.381 e. The molecule has 3 nitrogen and oxygen atoms in total. The van der Waals surface area contributed by atoms with Gasteiger partial charge in [0, 0.05) is 13.2 Å². The van der Waals surface area contributed by atoms with Crippen LogP contribution in [0.2, 0.25) is 0 Å². The van der Waals surface area contributed by atoms with Crippen LogP contribution >= 0.6 is 0 Å². The number of nitrogens with one attached hydrogen (secondary N) is 1. The summed E-state index contributed by atoms with van der Waals surface area (Å²) < 4.78 is 28.6. The van der Waals surface area contributed by atoms with Crippen LogP contribution in [0.5, 0.6) is 0 Å². The third-order valence-electron chi connectivity index (χ3n) is 2.02. The van der Waals surface area contributed by atoms with Crippen molar-refractivity contribution in [3.63, 3.8) is 0 Å². The highest BCUT2D eigenvalue weighted by Gasteiger charge is 2.18. The number of carbonyl (C=O) groups is 1. The van der Waals surface area contributed by atoms with E-state index in [0.717, 1.165) is 19.4 Å². The third kappa shape index (κ3) is 3.67. The van der Waals surface area contributed by atoms with Crippen LogP contribution in [0.4, 0.5) is 8.78 Å². The smallest absolute Gasteiger partial charge is 0.315 e. The molecule has 0 aromatic carbocycles. The fraction of sp³-hybridized carbons (Fsp3) is 0.875. The lowest BCUT2D eigenvalue weighted by molar-refractivity contribution is -0.132. The average Bonchev–Trinajstić information content (AvgIpc) is 2.15. The molecule has 5 heteroatoms. The number of hydrogen-bond acceptors (Lipinski definition) is 2. The predicted molar refractivity (Wildman–Crippen MR) is 42.6 cm³/mol. The number of carbonyl (C=O) groups excluding carboxylic acids is 1. The molecule has 1 N–H and O–H groups in total. The van der Waals surface area contributed by atoms with Gasteiger partial charge in [-0.05, 0) is 18.8 Å². The number of alkyl halides is 2. The second-order valence-electron chi connectivity index (χ2n) is 3.13. The van der Waals surface area contributed by atoms with Crippen molar-refractivity contribution >= 4 is 5.91 Å². The fourth-order valence-electron chi connectivity index (χ4n) is 1.29. The van der Waals surface area contributed by atoms with Crippen LogP contribution in [0, 0.1) is 5.92 Å². The second-order valence-corrected chi connectivity index (χ2v) is 3.13. The van der Waals surface area contributed by atoms with Crippen LogP contribution in [0.1, 0.15) is 12.8 Å². The largest absolute Gasteiger partial charge is 0.381 e. The van der Waals surface area contributed by atoms with Gasteiger partial charge in [-0.3, -0.25) is 4.79 Å². The van der Waals surface area contributed by atoms with Crippen LogP contribution in [-0.2, 0) is 9.53 Å². The van der Waals surface area contributed by atoms with E-state index in [0.29, 0.717) is 13.2 Å². The fourth-order valence-corrected chi connectivity index (χ4v) is 1.29. The monoisotopic (exact) mass is 193 g/mol. The maximum absolute atomic E-state index is 11.7. The molecule has 1 saturated heterocycles. The second kappa shape index (κ2) is 5.11. The molecule has 1 unspecified atom stereocenters. The summed E-state index contributed by atoms with van der Waals surface area (Å²) in [5.74, 6) is -0.998. The van der Waals surface area contributed by atoms with E-state index < -0.39 is 12.3 Å². The Kier molecular flexibility index (Phi) is 4.08. The molecule has 1 aliphatic rings. The molecular weight excluding hydrogens is 180 g/mol. The minimum absolute atomic E-state index is 0.191. The molecule has 0 spiro atoms. The topological polar surface area (TPSA) is 38.3 Å². The first-order chi connectivity index (χ1) is 6.20. The normalized spacial score (nSPS) is 23.2. The molecule has 0 bridgehead atoms. The van der Waals surface area contributed by atoms with E-state index in [-0.39, 0.29) is 5.92 Å². The van der Waals surface area contributed by atoms with Crippen LogP contribution in [0.15, 0.2) is 0 Å². The lowest BCUT2D eigenvalue weighted by atomic mass is 10.0. The molecule has 1 fully saturated rings. The van der Waals surface area contributed by atoms with E-state index in [1.165, 1.54) is 0 Å². The van der Waals surface area contributed by atoms with Crippen LogP contribution in [0.3, 0.4) is 0 Å². The molecule has 0 aromatic rings. The van der Waals surface area contributed by atoms with Crippen molar-refractivity contribution < 1.29 is 18.3 Å². The number of ether oxygens (including phenoxy) is 1. The van der Waals surface area contributed by atoms with Crippen LogP contribution < -0.4 is 5.32 Å². The standard InChI is InChI=1S/C8H13F2NO2/c9-7(10)8(12)11-4-6-2-1-3-13-5-6/h6-7H,1-5H2,(H,11,12). The molecular formula is C8H13F2NO2. The average molecular weight is 193 g/mol. The molecule has 13 heavy (non-hydrogen) atoms. The predicted octanol–water partition coefficient (Wildman–Crippen LogP) is 0.794. The molecule has 1 heterocycles. The molecule has 0 aliphatic carbocycles. The lowest BCUT2D eigenvalue weighted by Gasteiger charge is -2.21. The summed E-state index contributed by atoms with van der Waals surface area (Å²) in [7, 11) is 0. The van der Waals surface area contributed by atoms with E-state index in [1.54, 1.807) is 0 Å². The van der Waals surface area contributed by atoms with E-state index in [9.17, 15) is 13.6 Å². The zero-order valence-corrected chi connectivity index (χ0v) is 7.26. The van der Waals surface area contributed by atoms with Gasteiger partial charge >= 0.3 is 6.43 Å². The van der Waals surface area contributed by atoms with Crippen molar-refractivity contribution in [3.8, 4) is 0 Å². The Morgan fingerprint density at radius 1 is 1.62 bits per heavy atom. The van der Waals surface area contributed by atoms with E-state index in [4.69, 9.17) is 4.74 Å².